The van der Waals surface area contributed by atoms with Gasteiger partial charge < -0.3 is 37.1 Å². The molecule has 2 aromatic rings. The highest BCUT2D eigenvalue weighted by molar-refractivity contribution is 7.90. The van der Waals surface area contributed by atoms with Crippen molar-refractivity contribution in [1.29, 1.82) is 0 Å². The first-order valence-corrected chi connectivity index (χ1v) is 24.2. The largest absolute Gasteiger partial charge is 0.487 e. The molecule has 0 aromatic heterocycles. The van der Waals surface area contributed by atoms with Crippen LogP contribution in [0.15, 0.2) is 40.2 Å². The Morgan fingerprint density at radius 2 is 1.38 bits per heavy atom. The summed E-state index contributed by atoms with van der Waals surface area (Å²) in [6.07, 6.45) is 4.52. The molecular weight excluding hydrogens is 837 g/mol. The molecule has 0 bridgehead atoms. The molecule has 64 heavy (non-hydrogen) atoms. The predicted molar refractivity (Wildman–Crippen MR) is 248 cm³/mol. The molecule has 4 atom stereocenters. The average molecular weight is 909 g/mol. The fraction of sp³-hybridized carbons (Fsp3) is 0.617. The lowest BCUT2D eigenvalue weighted by molar-refractivity contribution is -0.135. The van der Waals surface area contributed by atoms with Crippen molar-refractivity contribution in [3.05, 3.63) is 58.1 Å². The van der Waals surface area contributed by atoms with E-state index in [0.29, 0.717) is 36.1 Å². The van der Waals surface area contributed by atoms with Crippen LogP contribution in [0.1, 0.15) is 127 Å². The molecule has 0 aliphatic carbocycles. The summed E-state index contributed by atoms with van der Waals surface area (Å²) in [5.74, 6) is -2.19. The fourth-order valence-electron chi connectivity index (χ4n) is 8.23. The zero-order chi connectivity index (χ0) is 47.4. The van der Waals surface area contributed by atoms with Gasteiger partial charge >= 0.3 is 0 Å². The number of ether oxygens (including phenoxy) is 1. The Kier molecular flexibility index (Phi) is 18.6. The van der Waals surface area contributed by atoms with Crippen molar-refractivity contribution in [2.75, 3.05) is 13.1 Å². The van der Waals surface area contributed by atoms with Gasteiger partial charge in [-0.3, -0.25) is 29.0 Å². The van der Waals surface area contributed by atoms with Gasteiger partial charge in [0.2, 0.25) is 35.5 Å². The van der Waals surface area contributed by atoms with Gasteiger partial charge in [-0.25, -0.2) is 13.1 Å². The Hall–Kier alpha value is -5.19. The van der Waals surface area contributed by atoms with Crippen LogP contribution in [-0.2, 0) is 46.8 Å². The Balaban J connectivity index is 1.52. The number of hydrogen-bond acceptors (Lipinski definition) is 9. The summed E-state index contributed by atoms with van der Waals surface area (Å²) < 4.78 is 36.2. The number of nitrogens with zero attached hydrogens (tertiary/aromatic N) is 1. The quantitative estimate of drug-likeness (QED) is 0.0923. The van der Waals surface area contributed by atoms with Gasteiger partial charge in [-0.2, -0.15) is 0 Å². The van der Waals surface area contributed by atoms with Gasteiger partial charge in [0.1, 0.15) is 35.5 Å². The summed E-state index contributed by atoms with van der Waals surface area (Å²) >= 11 is 0. The molecule has 2 aromatic carbocycles. The molecule has 17 heteroatoms. The van der Waals surface area contributed by atoms with E-state index in [1.165, 1.54) is 0 Å². The number of guanidine groups is 1. The van der Waals surface area contributed by atoms with Gasteiger partial charge in [-0.1, -0.05) is 64.4 Å². The minimum atomic E-state index is -4.17. The van der Waals surface area contributed by atoms with Gasteiger partial charge in [0, 0.05) is 31.5 Å². The Bertz CT molecular complexity index is 2120. The van der Waals surface area contributed by atoms with Gasteiger partial charge in [0.15, 0.2) is 0 Å². The number of rotatable bonds is 12. The normalized spacial score (nSPS) is 22.1. The minimum absolute atomic E-state index is 0.0134. The van der Waals surface area contributed by atoms with Gasteiger partial charge in [-0.05, 0) is 120 Å². The van der Waals surface area contributed by atoms with Crippen molar-refractivity contribution in [3.63, 3.8) is 0 Å². The highest BCUT2D eigenvalue weighted by Gasteiger charge is 2.35. The summed E-state index contributed by atoms with van der Waals surface area (Å²) in [5.41, 5.74) is 9.50. The number of carbonyl (C=O) groups excluding carboxylic acids is 5. The smallest absolute Gasteiger partial charge is 0.264 e. The second-order valence-corrected chi connectivity index (χ2v) is 20.4. The van der Waals surface area contributed by atoms with E-state index in [-0.39, 0.29) is 80.2 Å². The second-order valence-electron chi connectivity index (χ2n) is 18.7. The lowest BCUT2D eigenvalue weighted by atomic mass is 9.88. The molecule has 1 saturated heterocycles. The van der Waals surface area contributed by atoms with E-state index in [2.05, 4.69) is 36.3 Å². The van der Waals surface area contributed by atoms with E-state index in [1.54, 1.807) is 13.8 Å². The lowest BCUT2D eigenvalue weighted by Gasteiger charge is -2.35. The van der Waals surface area contributed by atoms with Crippen molar-refractivity contribution >= 4 is 45.5 Å². The van der Waals surface area contributed by atoms with Crippen molar-refractivity contribution in [3.8, 4) is 5.75 Å². The number of nitrogens with two attached hydrogens (primary N) is 1. The topological polar surface area (TPSA) is 239 Å². The van der Waals surface area contributed by atoms with Gasteiger partial charge in [0.25, 0.3) is 10.0 Å². The van der Waals surface area contributed by atoms with E-state index in [4.69, 9.17) is 10.5 Å². The summed E-state index contributed by atoms with van der Waals surface area (Å²) in [5, 5.41) is 14.3. The number of sulfonamides is 1. The number of amides is 5. The Labute approximate surface area is 379 Å². The number of benzene rings is 2. The Morgan fingerprint density at radius 1 is 0.781 bits per heavy atom. The highest BCUT2D eigenvalue weighted by atomic mass is 32.2. The minimum Gasteiger partial charge on any atom is -0.487 e. The van der Waals surface area contributed by atoms with Crippen LogP contribution in [0.5, 0.6) is 5.75 Å². The first kappa shape index (κ1) is 51.4. The van der Waals surface area contributed by atoms with E-state index in [0.717, 1.165) is 29.5 Å². The third kappa shape index (κ3) is 14.9. The van der Waals surface area contributed by atoms with Crippen LogP contribution < -0.4 is 41.8 Å². The molecule has 354 valence electrons. The molecule has 1 fully saturated rings. The third-order valence-electron chi connectivity index (χ3n) is 11.7. The standard InChI is InChI=1S/C47H72N8O8S/c1-28(2)25-36-43(58)52-35(19-16-24-50-46(48)55-64(61,62)41-31(6)30(5)34-21-22-47(8,9)63-40(34)32(41)7)42(57)49-23-15-11-14-20-39(56)51-38(27-33-17-12-10-13-18-33)45(60)54-37(26-29(3)4)44(59)53-36/h10,12-13,17-18,28-29,35-38H,11,14-16,19-27H2,1-9H3,(H,49,57)(H,51,56)(H,52,58)(H,53,59)(H,54,60)(H3,48,50,55)/t35-,36-,37-,38-/m0/s1. The number of nitrogens with one attached hydrogen (secondary N) is 6. The number of carbonyl (C=O) groups is 5. The summed E-state index contributed by atoms with van der Waals surface area (Å²) in [6.45, 7) is 17.3. The van der Waals surface area contributed by atoms with Gasteiger partial charge in [-0.15, -0.1) is 0 Å². The van der Waals surface area contributed by atoms with Crippen LogP contribution in [0.2, 0.25) is 0 Å². The second kappa shape index (κ2) is 23.1. The zero-order valence-corrected chi connectivity index (χ0v) is 40.1. The van der Waals surface area contributed by atoms with Crippen molar-refractivity contribution in [2.45, 2.75) is 168 Å². The molecule has 2 aliphatic rings. The van der Waals surface area contributed by atoms with Crippen LogP contribution in [-0.4, -0.2) is 86.8 Å². The predicted octanol–water partition coefficient (Wildman–Crippen LogP) is 4.05. The molecule has 8 N–H and O–H groups in total. The van der Waals surface area contributed by atoms with Crippen LogP contribution >= 0.6 is 0 Å². The van der Waals surface area contributed by atoms with E-state index < -0.39 is 63.4 Å². The highest BCUT2D eigenvalue weighted by Crippen LogP contribution is 2.42. The fourth-order valence-corrected chi connectivity index (χ4v) is 9.72. The molecule has 5 amide bonds. The number of fused-ring (bicyclic) bond motifs is 1. The maximum atomic E-state index is 14.0. The van der Waals surface area contributed by atoms with Crippen LogP contribution in [0, 0.1) is 32.6 Å². The molecule has 0 spiro atoms. The van der Waals surface area contributed by atoms with E-state index >= 15 is 0 Å². The van der Waals surface area contributed by atoms with E-state index in [1.807, 2.05) is 78.8 Å². The maximum absolute atomic E-state index is 14.0. The molecule has 4 rings (SSSR count). The molecule has 0 radical (unpaired) electrons. The maximum Gasteiger partial charge on any atom is 0.264 e. The SMILES string of the molecule is Cc1c(C)c(S(=O)(=O)NC(N)=NCCC[C@@H]2NC(=O)[C@H](CC(C)C)NC(=O)[C@H](CC(C)C)NC(=O)[C@H](Cc3ccccc3)NC(=O)CCCCCNC2=O)c(C)c2c1CCC(C)(C)O2. The first-order chi connectivity index (χ1) is 30.1. The monoisotopic (exact) mass is 909 g/mol. The Morgan fingerprint density at radius 3 is 1.98 bits per heavy atom. The molecule has 16 nitrogen and oxygen atoms in total. The molecule has 0 saturated carbocycles. The lowest BCUT2D eigenvalue weighted by Crippen LogP contribution is -2.58. The van der Waals surface area contributed by atoms with Crippen LogP contribution in [0.3, 0.4) is 0 Å². The van der Waals surface area contributed by atoms with Gasteiger partial charge in [0.05, 0.1) is 4.90 Å². The number of aliphatic imine (C=N–C) groups is 1. The van der Waals surface area contributed by atoms with Crippen LogP contribution in [0.25, 0.3) is 0 Å². The molecule has 0 unspecified atom stereocenters. The first-order valence-electron chi connectivity index (χ1n) is 22.7. The number of hydrogen-bond donors (Lipinski definition) is 7. The van der Waals surface area contributed by atoms with Crippen molar-refractivity contribution in [1.82, 2.24) is 31.3 Å². The van der Waals surface area contributed by atoms with Crippen LogP contribution in [0.4, 0.5) is 0 Å². The summed E-state index contributed by atoms with van der Waals surface area (Å²) in [6, 6.07) is 5.27. The summed E-state index contributed by atoms with van der Waals surface area (Å²) in [4.78, 5) is 73.0. The summed E-state index contributed by atoms with van der Waals surface area (Å²) in [7, 11) is -4.17. The molecule has 2 aliphatic heterocycles. The van der Waals surface area contributed by atoms with E-state index in [9.17, 15) is 32.4 Å². The van der Waals surface area contributed by atoms with Crippen molar-refractivity contribution in [2.24, 2.45) is 22.6 Å². The third-order valence-corrected chi connectivity index (χ3v) is 13.4. The molecular formula is C47H72N8O8S. The van der Waals surface area contributed by atoms with Crippen molar-refractivity contribution < 1.29 is 37.1 Å². The zero-order valence-electron chi connectivity index (χ0n) is 39.2. The molecule has 2 heterocycles. The average Bonchev–Trinajstić information content (AvgIpc) is 3.20.